The molecule has 160 valence electrons. The van der Waals surface area contributed by atoms with Crippen LogP contribution in [0.2, 0.25) is 0 Å². The quantitative estimate of drug-likeness (QED) is 0.788. The van der Waals surface area contributed by atoms with Crippen molar-refractivity contribution in [2.45, 2.75) is 43.8 Å². The van der Waals surface area contributed by atoms with E-state index in [1.165, 1.54) is 5.56 Å². The fourth-order valence-corrected chi connectivity index (χ4v) is 4.53. The Morgan fingerprint density at radius 1 is 1.17 bits per heavy atom. The highest BCUT2D eigenvalue weighted by atomic mass is 16.4. The largest absolute Gasteiger partial charge is 0.454 e. The first-order chi connectivity index (χ1) is 14.5. The van der Waals surface area contributed by atoms with E-state index in [4.69, 9.17) is 10.2 Å². The normalized spacial score (nSPS) is 25.0. The molecule has 2 aliphatic heterocycles. The molecule has 0 aliphatic carbocycles. The van der Waals surface area contributed by atoms with Crippen LogP contribution in [0.3, 0.4) is 0 Å². The van der Waals surface area contributed by atoms with Crippen LogP contribution in [0, 0.1) is 0 Å². The summed E-state index contributed by atoms with van der Waals surface area (Å²) in [5.74, 6) is 0.922. The summed E-state index contributed by atoms with van der Waals surface area (Å²) >= 11 is 0. The van der Waals surface area contributed by atoms with Gasteiger partial charge >= 0.3 is 0 Å². The molecule has 3 heterocycles. The molecule has 1 unspecified atom stereocenters. The van der Waals surface area contributed by atoms with Gasteiger partial charge < -0.3 is 25.3 Å². The molecule has 30 heavy (non-hydrogen) atoms. The van der Waals surface area contributed by atoms with Crippen molar-refractivity contribution in [1.29, 1.82) is 0 Å². The summed E-state index contributed by atoms with van der Waals surface area (Å²) in [6.45, 7) is 3.71. The second-order valence-electron chi connectivity index (χ2n) is 8.37. The Morgan fingerprint density at radius 2 is 1.93 bits per heavy atom. The SMILES string of the molecule is CN[C@@H]1C[C@@H](C(=O)N2CC[C@@H](c3ccccc3)C2)N(C(=O)c2ccc(C(C)N)o2)C1. The highest BCUT2D eigenvalue weighted by Crippen LogP contribution is 2.30. The van der Waals surface area contributed by atoms with Crippen LogP contribution in [-0.4, -0.2) is 60.4 Å². The van der Waals surface area contributed by atoms with Gasteiger partial charge in [-0.05, 0) is 44.5 Å². The Morgan fingerprint density at radius 3 is 2.60 bits per heavy atom. The zero-order valence-corrected chi connectivity index (χ0v) is 17.6. The third kappa shape index (κ3) is 4.00. The molecule has 2 fully saturated rings. The van der Waals surface area contributed by atoms with Crippen molar-refractivity contribution in [2.24, 2.45) is 5.73 Å². The van der Waals surface area contributed by atoms with Crippen molar-refractivity contribution < 1.29 is 14.0 Å². The lowest BCUT2D eigenvalue weighted by molar-refractivity contribution is -0.134. The maximum absolute atomic E-state index is 13.4. The molecular weight excluding hydrogens is 380 g/mol. The lowest BCUT2D eigenvalue weighted by atomic mass is 9.99. The Balaban J connectivity index is 1.49. The number of likely N-dealkylation sites (tertiary alicyclic amines) is 2. The van der Waals surface area contributed by atoms with Gasteiger partial charge in [-0.3, -0.25) is 9.59 Å². The number of rotatable bonds is 5. The van der Waals surface area contributed by atoms with E-state index in [-0.39, 0.29) is 29.7 Å². The summed E-state index contributed by atoms with van der Waals surface area (Å²) in [6, 6.07) is 13.0. The summed E-state index contributed by atoms with van der Waals surface area (Å²) in [6.07, 6.45) is 1.55. The minimum Gasteiger partial charge on any atom is -0.454 e. The van der Waals surface area contributed by atoms with Crippen LogP contribution >= 0.6 is 0 Å². The Labute approximate surface area is 177 Å². The molecule has 3 N–H and O–H groups in total. The fourth-order valence-electron chi connectivity index (χ4n) is 4.53. The average molecular weight is 411 g/mol. The van der Waals surface area contributed by atoms with Gasteiger partial charge in [0.05, 0.1) is 6.04 Å². The molecule has 1 aromatic heterocycles. The Kier molecular flexibility index (Phi) is 5.92. The van der Waals surface area contributed by atoms with E-state index >= 15 is 0 Å². The van der Waals surface area contributed by atoms with Gasteiger partial charge in [-0.15, -0.1) is 0 Å². The van der Waals surface area contributed by atoms with Gasteiger partial charge in [0.1, 0.15) is 11.8 Å². The van der Waals surface area contributed by atoms with Crippen molar-refractivity contribution in [3.05, 3.63) is 59.5 Å². The molecule has 0 saturated carbocycles. The molecule has 0 bridgehead atoms. The topological polar surface area (TPSA) is 91.8 Å². The predicted octanol–water partition coefficient (Wildman–Crippen LogP) is 2.12. The van der Waals surface area contributed by atoms with Crippen molar-refractivity contribution in [1.82, 2.24) is 15.1 Å². The van der Waals surface area contributed by atoms with Gasteiger partial charge in [0.15, 0.2) is 5.76 Å². The smallest absolute Gasteiger partial charge is 0.290 e. The Hall–Kier alpha value is -2.64. The number of amides is 2. The van der Waals surface area contributed by atoms with Crippen molar-refractivity contribution >= 4 is 11.8 Å². The third-order valence-electron chi connectivity index (χ3n) is 6.31. The number of nitrogens with two attached hydrogens (primary N) is 1. The van der Waals surface area contributed by atoms with Gasteiger partial charge in [-0.25, -0.2) is 0 Å². The van der Waals surface area contributed by atoms with E-state index in [1.54, 1.807) is 17.0 Å². The van der Waals surface area contributed by atoms with Crippen LogP contribution in [0.15, 0.2) is 46.9 Å². The van der Waals surface area contributed by atoms with Gasteiger partial charge in [0.25, 0.3) is 5.91 Å². The zero-order valence-electron chi connectivity index (χ0n) is 17.6. The standard InChI is InChI=1S/C23H30N4O3/c1-15(24)20-8-9-21(30-20)23(29)27-14-18(25-2)12-19(27)22(28)26-11-10-17(13-26)16-6-4-3-5-7-16/h3-9,15,17-19,25H,10-14,24H2,1-2H3/t15?,17-,18-,19+/m1/s1. The summed E-state index contributed by atoms with van der Waals surface area (Å²) < 4.78 is 5.66. The number of furan rings is 1. The first-order valence-electron chi connectivity index (χ1n) is 10.6. The van der Waals surface area contributed by atoms with Crippen LogP contribution in [0.25, 0.3) is 0 Å². The number of carbonyl (C=O) groups excluding carboxylic acids is 2. The number of hydrogen-bond acceptors (Lipinski definition) is 5. The molecular formula is C23H30N4O3. The second kappa shape index (κ2) is 8.62. The number of nitrogens with one attached hydrogen (secondary N) is 1. The minimum atomic E-state index is -0.478. The molecule has 4 rings (SSSR count). The van der Waals surface area contributed by atoms with Crippen LogP contribution in [0.5, 0.6) is 0 Å². The first kappa shape index (κ1) is 20.6. The number of hydrogen-bond donors (Lipinski definition) is 2. The summed E-state index contributed by atoms with van der Waals surface area (Å²) in [5, 5.41) is 3.22. The lowest BCUT2D eigenvalue weighted by Crippen LogP contribution is -2.47. The molecule has 0 radical (unpaired) electrons. The molecule has 2 amide bonds. The molecule has 2 saturated heterocycles. The van der Waals surface area contributed by atoms with Crippen LogP contribution in [-0.2, 0) is 4.79 Å². The fraction of sp³-hybridized carbons (Fsp3) is 0.478. The molecule has 2 aromatic rings. The minimum absolute atomic E-state index is 0.0264. The van der Waals surface area contributed by atoms with Crippen molar-refractivity contribution in [3.8, 4) is 0 Å². The molecule has 7 nitrogen and oxygen atoms in total. The van der Waals surface area contributed by atoms with E-state index in [2.05, 4.69) is 17.4 Å². The Bertz CT molecular complexity index is 895. The highest BCUT2D eigenvalue weighted by molar-refractivity contribution is 5.96. The van der Waals surface area contributed by atoms with Gasteiger partial charge in [-0.1, -0.05) is 30.3 Å². The molecule has 1 aromatic carbocycles. The third-order valence-corrected chi connectivity index (χ3v) is 6.31. The number of nitrogens with zero attached hydrogens (tertiary/aromatic N) is 2. The number of likely N-dealkylation sites (N-methyl/N-ethyl adjacent to an activating group) is 1. The zero-order chi connectivity index (χ0) is 21.3. The lowest BCUT2D eigenvalue weighted by Gasteiger charge is -2.27. The maximum Gasteiger partial charge on any atom is 0.290 e. The van der Waals surface area contributed by atoms with Crippen LogP contribution in [0.1, 0.15) is 53.6 Å². The van der Waals surface area contributed by atoms with Gasteiger partial charge in [-0.2, -0.15) is 0 Å². The first-order valence-corrected chi connectivity index (χ1v) is 10.6. The summed E-state index contributed by atoms with van der Waals surface area (Å²) in [7, 11) is 1.86. The van der Waals surface area contributed by atoms with Gasteiger partial charge in [0.2, 0.25) is 5.91 Å². The molecule has 4 atom stereocenters. The average Bonchev–Trinajstić information content (AvgIpc) is 3.52. The van der Waals surface area contributed by atoms with E-state index in [0.29, 0.717) is 31.2 Å². The summed E-state index contributed by atoms with van der Waals surface area (Å²) in [4.78, 5) is 30.1. The number of benzene rings is 1. The van der Waals surface area contributed by atoms with Crippen LogP contribution < -0.4 is 11.1 Å². The number of carbonyl (C=O) groups is 2. The maximum atomic E-state index is 13.4. The monoisotopic (exact) mass is 410 g/mol. The van der Waals surface area contributed by atoms with E-state index in [1.807, 2.05) is 37.1 Å². The van der Waals surface area contributed by atoms with E-state index in [0.717, 1.165) is 13.0 Å². The van der Waals surface area contributed by atoms with Crippen LogP contribution in [0.4, 0.5) is 0 Å². The van der Waals surface area contributed by atoms with E-state index < -0.39 is 6.04 Å². The molecule has 7 heteroatoms. The van der Waals surface area contributed by atoms with Gasteiger partial charge in [0, 0.05) is 31.6 Å². The van der Waals surface area contributed by atoms with Crippen molar-refractivity contribution in [3.63, 3.8) is 0 Å². The van der Waals surface area contributed by atoms with Crippen molar-refractivity contribution in [2.75, 3.05) is 26.7 Å². The molecule has 2 aliphatic rings. The second-order valence-corrected chi connectivity index (χ2v) is 8.37. The predicted molar refractivity (Wildman–Crippen MR) is 114 cm³/mol. The highest BCUT2D eigenvalue weighted by Gasteiger charge is 2.43. The molecule has 0 spiro atoms. The van der Waals surface area contributed by atoms with E-state index in [9.17, 15) is 9.59 Å². The summed E-state index contributed by atoms with van der Waals surface area (Å²) in [5.41, 5.74) is 7.12.